The number of carbonyl (C=O) groups excluding carboxylic acids is 2. The van der Waals surface area contributed by atoms with Crippen LogP contribution in [0.5, 0.6) is 0 Å². The molecule has 0 rings (SSSR count). The van der Waals surface area contributed by atoms with Gasteiger partial charge >= 0.3 is 11.9 Å². The van der Waals surface area contributed by atoms with Gasteiger partial charge in [0.2, 0.25) is 0 Å². The Morgan fingerprint density at radius 2 is 1.68 bits per heavy atom. The van der Waals surface area contributed by atoms with Crippen LogP contribution in [0.25, 0.3) is 0 Å². The zero-order valence-electron chi connectivity index (χ0n) is 11.8. The van der Waals surface area contributed by atoms with Gasteiger partial charge in [-0.2, -0.15) is 0 Å². The average molecular weight is 272 g/mol. The van der Waals surface area contributed by atoms with Crippen LogP contribution in [-0.2, 0) is 19.4 Å². The van der Waals surface area contributed by atoms with E-state index in [9.17, 15) is 9.59 Å². The fourth-order valence-electron chi connectivity index (χ4n) is 1.40. The normalized spacial score (nSPS) is 15.5. The summed E-state index contributed by atoms with van der Waals surface area (Å²) >= 11 is 0. The summed E-state index contributed by atoms with van der Waals surface area (Å²) in [5, 5.41) is 0. The Morgan fingerprint density at radius 1 is 1.16 bits per heavy atom. The highest BCUT2D eigenvalue weighted by atomic mass is 17.2. The molecule has 0 aromatic heterocycles. The first kappa shape index (κ1) is 17.6. The Bertz CT molecular complexity index is 318. The molecular weight excluding hydrogens is 248 g/mol. The molecule has 0 saturated heterocycles. The fraction of sp³-hybridized carbons (Fsp3) is 0.692. The SMILES string of the molecule is C=CCC(N)C(C)C(=O)OOC(=O)C(N)CC(C)C. The minimum atomic E-state index is -0.801. The van der Waals surface area contributed by atoms with E-state index in [0.717, 1.165) is 0 Å². The van der Waals surface area contributed by atoms with Crippen LogP contribution in [0.4, 0.5) is 0 Å². The first-order valence-electron chi connectivity index (χ1n) is 6.33. The van der Waals surface area contributed by atoms with Gasteiger partial charge in [0.15, 0.2) is 0 Å². The van der Waals surface area contributed by atoms with Gasteiger partial charge in [0, 0.05) is 6.04 Å². The molecule has 0 aliphatic rings. The van der Waals surface area contributed by atoms with Crippen molar-refractivity contribution in [2.45, 2.75) is 45.7 Å². The minimum Gasteiger partial charge on any atom is -0.327 e. The van der Waals surface area contributed by atoms with Crippen molar-refractivity contribution in [2.24, 2.45) is 23.3 Å². The van der Waals surface area contributed by atoms with Gasteiger partial charge < -0.3 is 11.5 Å². The Balaban J connectivity index is 4.14. The number of hydrogen-bond acceptors (Lipinski definition) is 6. The highest BCUT2D eigenvalue weighted by molar-refractivity contribution is 5.77. The zero-order valence-corrected chi connectivity index (χ0v) is 11.8. The maximum absolute atomic E-state index is 11.6. The van der Waals surface area contributed by atoms with Crippen LogP contribution in [0.2, 0.25) is 0 Å². The molecule has 0 spiro atoms. The van der Waals surface area contributed by atoms with Gasteiger partial charge in [-0.3, -0.25) is 0 Å². The summed E-state index contributed by atoms with van der Waals surface area (Å²) in [5.74, 6) is -1.80. The largest absolute Gasteiger partial charge is 0.372 e. The second-order valence-corrected chi connectivity index (χ2v) is 5.02. The summed E-state index contributed by atoms with van der Waals surface area (Å²) in [5.41, 5.74) is 11.3. The Morgan fingerprint density at radius 3 is 2.16 bits per heavy atom. The lowest BCUT2D eigenvalue weighted by Crippen LogP contribution is -2.37. The summed E-state index contributed by atoms with van der Waals surface area (Å²) in [6.45, 7) is 8.98. The molecule has 0 aliphatic heterocycles. The average Bonchev–Trinajstić information content (AvgIpc) is 2.33. The second kappa shape index (κ2) is 8.66. The molecule has 0 amide bonds. The third kappa shape index (κ3) is 6.93. The van der Waals surface area contributed by atoms with Crippen molar-refractivity contribution in [3.8, 4) is 0 Å². The Labute approximate surface area is 114 Å². The van der Waals surface area contributed by atoms with Gasteiger partial charge in [-0.15, -0.1) is 6.58 Å². The van der Waals surface area contributed by atoms with Gasteiger partial charge in [0.1, 0.15) is 6.04 Å². The molecule has 3 unspecified atom stereocenters. The summed E-state index contributed by atoms with van der Waals surface area (Å²) in [4.78, 5) is 31.9. The van der Waals surface area contributed by atoms with Crippen LogP contribution in [0.15, 0.2) is 12.7 Å². The monoisotopic (exact) mass is 272 g/mol. The highest BCUT2D eigenvalue weighted by Crippen LogP contribution is 2.09. The van der Waals surface area contributed by atoms with Crippen LogP contribution in [0, 0.1) is 11.8 Å². The lowest BCUT2D eigenvalue weighted by Gasteiger charge is -2.16. The maximum atomic E-state index is 11.6. The van der Waals surface area contributed by atoms with Crippen molar-refractivity contribution in [3.63, 3.8) is 0 Å². The molecule has 19 heavy (non-hydrogen) atoms. The molecule has 0 aliphatic carbocycles. The van der Waals surface area contributed by atoms with Crippen LogP contribution in [-0.4, -0.2) is 24.0 Å². The lowest BCUT2D eigenvalue weighted by atomic mass is 10.0. The molecule has 3 atom stereocenters. The second-order valence-electron chi connectivity index (χ2n) is 5.02. The number of hydrogen-bond donors (Lipinski definition) is 2. The van der Waals surface area contributed by atoms with Crippen LogP contribution in [0.1, 0.15) is 33.6 Å². The summed E-state index contributed by atoms with van der Waals surface area (Å²) in [7, 11) is 0. The van der Waals surface area contributed by atoms with E-state index in [1.54, 1.807) is 13.0 Å². The van der Waals surface area contributed by atoms with E-state index >= 15 is 0 Å². The smallest absolute Gasteiger partial charge is 0.327 e. The molecular formula is C13H24N2O4. The fourth-order valence-corrected chi connectivity index (χ4v) is 1.40. The molecule has 110 valence electrons. The predicted molar refractivity (Wildman–Crippen MR) is 71.6 cm³/mol. The third-order valence-corrected chi connectivity index (χ3v) is 2.69. The first-order valence-corrected chi connectivity index (χ1v) is 6.33. The quantitative estimate of drug-likeness (QED) is 0.405. The topological polar surface area (TPSA) is 105 Å². The third-order valence-electron chi connectivity index (χ3n) is 2.69. The molecule has 0 bridgehead atoms. The van der Waals surface area contributed by atoms with Crippen molar-refractivity contribution in [1.82, 2.24) is 0 Å². The molecule has 0 aromatic carbocycles. The van der Waals surface area contributed by atoms with E-state index < -0.39 is 29.9 Å². The Hall–Kier alpha value is -1.40. The highest BCUT2D eigenvalue weighted by Gasteiger charge is 2.25. The van der Waals surface area contributed by atoms with Crippen molar-refractivity contribution in [2.75, 3.05) is 0 Å². The van der Waals surface area contributed by atoms with Crippen LogP contribution < -0.4 is 11.5 Å². The van der Waals surface area contributed by atoms with Crippen molar-refractivity contribution in [1.29, 1.82) is 0 Å². The molecule has 0 saturated carbocycles. The predicted octanol–water partition coefficient (Wildman–Crippen LogP) is 0.901. The van der Waals surface area contributed by atoms with Gasteiger partial charge in [-0.25, -0.2) is 19.4 Å². The van der Waals surface area contributed by atoms with Crippen LogP contribution >= 0.6 is 0 Å². The summed E-state index contributed by atoms with van der Waals surface area (Å²) in [6.07, 6.45) is 2.54. The van der Waals surface area contributed by atoms with Crippen molar-refractivity contribution < 1.29 is 19.4 Å². The standard InChI is InChI=1S/C13H24N2O4/c1-5-6-10(14)9(4)12(16)18-19-13(17)11(15)7-8(2)3/h5,8-11H,1,6-7,14-15H2,2-4H3. The van der Waals surface area contributed by atoms with Crippen molar-refractivity contribution in [3.05, 3.63) is 12.7 Å². The Kier molecular flexibility index (Phi) is 8.02. The molecule has 0 radical (unpaired) electrons. The van der Waals surface area contributed by atoms with E-state index in [2.05, 4.69) is 16.4 Å². The first-order chi connectivity index (χ1) is 8.79. The van der Waals surface area contributed by atoms with E-state index in [-0.39, 0.29) is 5.92 Å². The summed E-state index contributed by atoms with van der Waals surface area (Å²) in [6, 6.07) is -1.22. The molecule has 6 nitrogen and oxygen atoms in total. The summed E-state index contributed by atoms with van der Waals surface area (Å²) < 4.78 is 0. The number of carbonyl (C=O) groups is 2. The van der Waals surface area contributed by atoms with E-state index in [1.807, 2.05) is 13.8 Å². The number of nitrogens with two attached hydrogens (primary N) is 2. The van der Waals surface area contributed by atoms with Crippen molar-refractivity contribution >= 4 is 11.9 Å². The molecule has 0 aromatic rings. The van der Waals surface area contributed by atoms with Gasteiger partial charge in [0.25, 0.3) is 0 Å². The lowest BCUT2D eigenvalue weighted by molar-refractivity contribution is -0.263. The molecule has 0 fully saturated rings. The zero-order chi connectivity index (χ0) is 15.0. The van der Waals surface area contributed by atoms with Crippen LogP contribution in [0.3, 0.4) is 0 Å². The number of rotatable bonds is 7. The van der Waals surface area contributed by atoms with Gasteiger partial charge in [0.05, 0.1) is 5.92 Å². The molecule has 0 heterocycles. The minimum absolute atomic E-state index is 0.248. The van der Waals surface area contributed by atoms with Gasteiger partial charge in [-0.1, -0.05) is 26.8 Å². The van der Waals surface area contributed by atoms with E-state index in [4.69, 9.17) is 11.5 Å². The molecule has 6 heteroatoms. The van der Waals surface area contributed by atoms with E-state index in [1.165, 1.54) is 0 Å². The maximum Gasteiger partial charge on any atom is 0.372 e. The van der Waals surface area contributed by atoms with Gasteiger partial charge in [-0.05, 0) is 18.8 Å². The van der Waals surface area contributed by atoms with E-state index in [0.29, 0.717) is 12.8 Å². The molecule has 4 N–H and O–H groups in total.